The molecule has 3 atom stereocenters. The molecule has 5 heteroatoms. The Labute approximate surface area is 249 Å². The second-order valence-corrected chi connectivity index (χ2v) is 11.4. The molecule has 1 aliphatic rings. The summed E-state index contributed by atoms with van der Waals surface area (Å²) in [6.07, 6.45) is 1.53. The van der Waals surface area contributed by atoms with Crippen LogP contribution in [0.3, 0.4) is 0 Å². The standard InChI is InChI=1S/C37H41NO4/c1-25-10-18-33-30(22-25)13-14-31-24-29(26(2)28-8-6-5-7-9-28)15-19-34(31)36(33)38(3)20-21-42-32-16-11-27(12-17-32)23-35(41-4)37(39)40/h5-12,15-19,22,24,26,35-36H,13-14,20-21,23H2,1-4H3,(H,39,40). The number of nitrogens with zero attached hydrogens (tertiary/aromatic N) is 1. The van der Waals surface area contributed by atoms with E-state index in [9.17, 15) is 9.90 Å². The van der Waals surface area contributed by atoms with Gasteiger partial charge in [-0.3, -0.25) is 4.90 Å². The molecule has 4 aromatic rings. The number of methoxy groups -OCH3 is 1. The van der Waals surface area contributed by atoms with Crippen molar-refractivity contribution in [3.05, 3.63) is 136 Å². The Balaban J connectivity index is 1.33. The Morgan fingerprint density at radius 1 is 0.905 bits per heavy atom. The molecule has 1 aliphatic carbocycles. The third kappa shape index (κ3) is 6.75. The topological polar surface area (TPSA) is 59.0 Å². The van der Waals surface area contributed by atoms with E-state index in [0.717, 1.165) is 30.7 Å². The highest BCUT2D eigenvalue weighted by molar-refractivity contribution is 5.72. The number of ether oxygens (including phenoxy) is 2. The first-order valence-electron chi connectivity index (χ1n) is 14.8. The predicted octanol–water partition coefficient (Wildman–Crippen LogP) is 6.99. The third-order valence-electron chi connectivity index (χ3n) is 8.58. The zero-order valence-corrected chi connectivity index (χ0v) is 25.0. The third-order valence-corrected chi connectivity index (χ3v) is 8.58. The van der Waals surface area contributed by atoms with Gasteiger partial charge in [0, 0.05) is 26.0 Å². The average Bonchev–Trinajstić information content (AvgIpc) is 3.16. The van der Waals surface area contributed by atoms with Gasteiger partial charge >= 0.3 is 5.97 Å². The number of fused-ring (bicyclic) bond motifs is 2. The summed E-state index contributed by atoms with van der Waals surface area (Å²) in [5, 5.41) is 9.25. The molecule has 5 nitrogen and oxygen atoms in total. The zero-order valence-electron chi connectivity index (χ0n) is 25.0. The molecule has 0 heterocycles. The van der Waals surface area contributed by atoms with E-state index in [2.05, 4.69) is 92.5 Å². The van der Waals surface area contributed by atoms with Crippen LogP contribution < -0.4 is 4.74 Å². The number of likely N-dealkylation sites (N-methyl/N-ethyl adjacent to an activating group) is 1. The van der Waals surface area contributed by atoms with E-state index in [1.807, 2.05) is 24.3 Å². The molecule has 42 heavy (non-hydrogen) atoms. The molecule has 4 aromatic carbocycles. The molecule has 5 rings (SSSR count). The molecule has 1 N–H and O–H groups in total. The summed E-state index contributed by atoms with van der Waals surface area (Å²) in [5.41, 5.74) is 10.5. The summed E-state index contributed by atoms with van der Waals surface area (Å²) in [7, 11) is 3.61. The van der Waals surface area contributed by atoms with E-state index < -0.39 is 12.1 Å². The molecule has 3 unspecified atom stereocenters. The van der Waals surface area contributed by atoms with E-state index in [1.54, 1.807) is 0 Å². The summed E-state index contributed by atoms with van der Waals surface area (Å²) in [6, 6.07) is 32.5. The van der Waals surface area contributed by atoms with Crippen LogP contribution in [0.4, 0.5) is 0 Å². The van der Waals surface area contributed by atoms with E-state index in [0.29, 0.717) is 18.9 Å². The number of hydrogen-bond acceptors (Lipinski definition) is 4. The number of aryl methyl sites for hydroxylation is 3. The van der Waals surface area contributed by atoms with Crippen LogP contribution in [0.1, 0.15) is 63.4 Å². The largest absolute Gasteiger partial charge is 0.492 e. The summed E-state index contributed by atoms with van der Waals surface area (Å²) >= 11 is 0. The number of benzene rings is 4. The molecule has 0 aliphatic heterocycles. The molecule has 0 amide bonds. The minimum absolute atomic E-state index is 0.146. The predicted molar refractivity (Wildman–Crippen MR) is 168 cm³/mol. The molecule has 0 aromatic heterocycles. The maximum atomic E-state index is 11.3. The first-order valence-corrected chi connectivity index (χ1v) is 14.8. The summed E-state index contributed by atoms with van der Waals surface area (Å²) in [5.74, 6) is 0.151. The second-order valence-electron chi connectivity index (χ2n) is 11.4. The van der Waals surface area contributed by atoms with Crippen molar-refractivity contribution in [1.82, 2.24) is 4.90 Å². The fourth-order valence-corrected chi connectivity index (χ4v) is 6.09. The summed E-state index contributed by atoms with van der Waals surface area (Å²) < 4.78 is 11.2. The highest BCUT2D eigenvalue weighted by Gasteiger charge is 2.28. The Kier molecular flexibility index (Phi) is 9.41. The van der Waals surface area contributed by atoms with Gasteiger partial charge in [-0.05, 0) is 77.9 Å². The quantitative estimate of drug-likeness (QED) is 0.213. The Morgan fingerprint density at radius 3 is 2.24 bits per heavy atom. The van der Waals surface area contributed by atoms with Gasteiger partial charge in [0.2, 0.25) is 0 Å². The van der Waals surface area contributed by atoms with Crippen LogP contribution in [0.2, 0.25) is 0 Å². The molecule has 0 bridgehead atoms. The van der Waals surface area contributed by atoms with Crippen LogP contribution in [-0.2, 0) is 28.8 Å². The number of carbonyl (C=O) groups is 1. The van der Waals surface area contributed by atoms with Crippen molar-refractivity contribution in [2.75, 3.05) is 27.3 Å². The summed E-state index contributed by atoms with van der Waals surface area (Å²) in [6.45, 7) is 5.77. The van der Waals surface area contributed by atoms with Crippen LogP contribution in [0.5, 0.6) is 5.75 Å². The van der Waals surface area contributed by atoms with Crippen molar-refractivity contribution in [2.45, 2.75) is 51.2 Å². The fraction of sp³-hybridized carbons (Fsp3) is 0.324. The lowest BCUT2D eigenvalue weighted by molar-refractivity contribution is -0.148. The van der Waals surface area contributed by atoms with E-state index in [1.165, 1.54) is 46.1 Å². The van der Waals surface area contributed by atoms with Gasteiger partial charge in [0.1, 0.15) is 12.4 Å². The smallest absolute Gasteiger partial charge is 0.333 e. The maximum absolute atomic E-state index is 11.3. The van der Waals surface area contributed by atoms with Crippen molar-refractivity contribution < 1.29 is 19.4 Å². The second kappa shape index (κ2) is 13.4. The Hall–Kier alpha value is -3.93. The molecule has 218 valence electrons. The number of hydrogen-bond donors (Lipinski definition) is 1. The molecule has 0 spiro atoms. The fourth-order valence-electron chi connectivity index (χ4n) is 6.09. The lowest BCUT2D eigenvalue weighted by Gasteiger charge is -2.31. The van der Waals surface area contributed by atoms with Crippen LogP contribution in [0, 0.1) is 6.92 Å². The van der Waals surface area contributed by atoms with Gasteiger partial charge in [0.15, 0.2) is 6.10 Å². The first-order chi connectivity index (χ1) is 20.3. The lowest BCUT2D eigenvalue weighted by atomic mass is 9.87. The number of rotatable bonds is 11. The van der Waals surface area contributed by atoms with Gasteiger partial charge in [-0.25, -0.2) is 4.79 Å². The van der Waals surface area contributed by atoms with Crippen LogP contribution in [0.15, 0.2) is 91.0 Å². The van der Waals surface area contributed by atoms with Gasteiger partial charge in [-0.15, -0.1) is 0 Å². The number of carboxylic acids is 1. The maximum Gasteiger partial charge on any atom is 0.333 e. The van der Waals surface area contributed by atoms with E-state index >= 15 is 0 Å². The molecule has 0 saturated heterocycles. The molecule has 0 saturated carbocycles. The molecular formula is C37H41NO4. The Morgan fingerprint density at radius 2 is 1.57 bits per heavy atom. The minimum Gasteiger partial charge on any atom is -0.492 e. The van der Waals surface area contributed by atoms with Gasteiger partial charge in [-0.1, -0.05) is 91.3 Å². The van der Waals surface area contributed by atoms with Crippen molar-refractivity contribution >= 4 is 5.97 Å². The number of carboxylic acid groups (broad SMARTS) is 1. The zero-order chi connectivity index (χ0) is 29.6. The Bertz CT molecular complexity index is 1500. The number of aliphatic carboxylic acids is 1. The first kappa shape index (κ1) is 29.6. The molecule has 0 fully saturated rings. The molecular weight excluding hydrogens is 522 g/mol. The van der Waals surface area contributed by atoms with Gasteiger partial charge in [0.25, 0.3) is 0 Å². The van der Waals surface area contributed by atoms with Crippen molar-refractivity contribution in [2.24, 2.45) is 0 Å². The molecule has 0 radical (unpaired) electrons. The van der Waals surface area contributed by atoms with Crippen molar-refractivity contribution in [3.63, 3.8) is 0 Å². The SMILES string of the molecule is COC(Cc1ccc(OCCN(C)C2c3ccc(C)cc3CCc3cc(C(C)c4ccccc4)ccc32)cc1)C(=O)O. The lowest BCUT2D eigenvalue weighted by Crippen LogP contribution is -2.30. The van der Waals surface area contributed by atoms with Crippen molar-refractivity contribution in [1.29, 1.82) is 0 Å². The van der Waals surface area contributed by atoms with E-state index in [4.69, 9.17) is 9.47 Å². The van der Waals surface area contributed by atoms with Crippen LogP contribution in [0.25, 0.3) is 0 Å². The van der Waals surface area contributed by atoms with Gasteiger partial charge < -0.3 is 14.6 Å². The monoisotopic (exact) mass is 563 g/mol. The average molecular weight is 564 g/mol. The summed E-state index contributed by atoms with van der Waals surface area (Å²) in [4.78, 5) is 13.7. The highest BCUT2D eigenvalue weighted by atomic mass is 16.5. The van der Waals surface area contributed by atoms with Gasteiger partial charge in [0.05, 0.1) is 6.04 Å². The highest BCUT2D eigenvalue weighted by Crippen LogP contribution is 2.38. The van der Waals surface area contributed by atoms with Crippen molar-refractivity contribution in [3.8, 4) is 5.75 Å². The van der Waals surface area contributed by atoms with Crippen LogP contribution in [-0.4, -0.2) is 49.4 Å². The minimum atomic E-state index is -0.959. The van der Waals surface area contributed by atoms with Crippen LogP contribution >= 0.6 is 0 Å². The van der Waals surface area contributed by atoms with Gasteiger partial charge in [-0.2, -0.15) is 0 Å². The normalized spacial score (nSPS) is 15.8. The van der Waals surface area contributed by atoms with E-state index in [-0.39, 0.29) is 6.04 Å².